The number of benzene rings is 1. The van der Waals surface area contributed by atoms with Crippen LogP contribution in [0.25, 0.3) is 10.9 Å². The van der Waals surface area contributed by atoms with Gasteiger partial charge in [-0.05, 0) is 12.1 Å². The number of pyridine rings is 1. The zero-order chi connectivity index (χ0) is 14.9. The maximum atomic E-state index is 12.1. The van der Waals surface area contributed by atoms with Crippen LogP contribution in [0.3, 0.4) is 0 Å². The van der Waals surface area contributed by atoms with Gasteiger partial charge in [0.1, 0.15) is 0 Å². The Morgan fingerprint density at radius 3 is 2.86 bits per heavy atom. The number of hydrogen-bond acceptors (Lipinski definition) is 4. The first-order valence-electron chi connectivity index (χ1n) is 6.81. The second-order valence-electron chi connectivity index (χ2n) is 5.29. The molecule has 0 radical (unpaired) electrons. The molecule has 1 fully saturated rings. The van der Waals surface area contributed by atoms with Crippen molar-refractivity contribution in [3.8, 4) is 0 Å². The fourth-order valence-corrected chi connectivity index (χ4v) is 2.65. The first kappa shape index (κ1) is 13.7. The zero-order valence-electron chi connectivity index (χ0n) is 11.4. The Balaban J connectivity index is 1.98. The lowest BCUT2D eigenvalue weighted by molar-refractivity contribution is -0.164. The van der Waals surface area contributed by atoms with Gasteiger partial charge in [-0.2, -0.15) is 0 Å². The summed E-state index contributed by atoms with van der Waals surface area (Å²) < 4.78 is 5.25. The Hall–Kier alpha value is -2.27. The number of rotatable bonds is 3. The molecule has 0 amide bonds. The highest BCUT2D eigenvalue weighted by Gasteiger charge is 2.48. The van der Waals surface area contributed by atoms with Gasteiger partial charge in [-0.25, -0.2) is 0 Å². The standard InChI is InChI=1S/C16H15NO4/c18-14-7-8-21-10-16(14,15(19)20)9-12-6-5-11-3-1-2-4-13(11)17-12/h1-6H,7-10H2,(H,19,20). The lowest BCUT2D eigenvalue weighted by Crippen LogP contribution is -2.48. The first-order chi connectivity index (χ1) is 10.1. The molecule has 0 aliphatic carbocycles. The highest BCUT2D eigenvalue weighted by Crippen LogP contribution is 2.30. The summed E-state index contributed by atoms with van der Waals surface area (Å²) >= 11 is 0. The van der Waals surface area contributed by atoms with Crippen LogP contribution in [-0.4, -0.2) is 35.1 Å². The zero-order valence-corrected chi connectivity index (χ0v) is 11.4. The molecular weight excluding hydrogens is 270 g/mol. The smallest absolute Gasteiger partial charge is 0.319 e. The number of ketones is 1. The van der Waals surface area contributed by atoms with Gasteiger partial charge in [0, 0.05) is 23.9 Å². The molecule has 2 heterocycles. The van der Waals surface area contributed by atoms with Crippen molar-refractivity contribution >= 4 is 22.7 Å². The third-order valence-corrected chi connectivity index (χ3v) is 3.90. The molecule has 1 unspecified atom stereocenters. The van der Waals surface area contributed by atoms with E-state index in [1.54, 1.807) is 6.07 Å². The average molecular weight is 285 g/mol. The van der Waals surface area contributed by atoms with Gasteiger partial charge < -0.3 is 9.84 Å². The monoisotopic (exact) mass is 285 g/mol. The number of aromatic nitrogens is 1. The van der Waals surface area contributed by atoms with Crippen molar-refractivity contribution in [2.24, 2.45) is 5.41 Å². The van der Waals surface area contributed by atoms with E-state index < -0.39 is 11.4 Å². The van der Waals surface area contributed by atoms with Crippen molar-refractivity contribution in [3.05, 3.63) is 42.1 Å². The summed E-state index contributed by atoms with van der Waals surface area (Å²) in [6.45, 7) is 0.203. The van der Waals surface area contributed by atoms with Gasteiger partial charge in [0.05, 0.1) is 18.7 Å². The van der Waals surface area contributed by atoms with Crippen LogP contribution in [0.5, 0.6) is 0 Å². The van der Waals surface area contributed by atoms with Gasteiger partial charge in [-0.15, -0.1) is 0 Å². The van der Waals surface area contributed by atoms with Crippen molar-refractivity contribution < 1.29 is 19.4 Å². The second-order valence-corrected chi connectivity index (χ2v) is 5.29. The highest BCUT2D eigenvalue weighted by molar-refractivity contribution is 6.04. The topological polar surface area (TPSA) is 76.5 Å². The largest absolute Gasteiger partial charge is 0.480 e. The molecule has 0 spiro atoms. The van der Waals surface area contributed by atoms with Gasteiger partial charge in [-0.1, -0.05) is 24.3 Å². The first-order valence-corrected chi connectivity index (χ1v) is 6.81. The van der Waals surface area contributed by atoms with E-state index >= 15 is 0 Å². The molecule has 21 heavy (non-hydrogen) atoms. The Labute approximate surface area is 121 Å². The van der Waals surface area contributed by atoms with E-state index in [4.69, 9.17) is 4.74 Å². The van der Waals surface area contributed by atoms with Crippen molar-refractivity contribution in [2.45, 2.75) is 12.8 Å². The Bertz CT molecular complexity index is 712. The number of para-hydroxylation sites is 1. The molecule has 1 atom stereocenters. The van der Waals surface area contributed by atoms with Gasteiger partial charge in [0.2, 0.25) is 0 Å². The number of carboxylic acid groups (broad SMARTS) is 1. The minimum absolute atomic E-state index is 0.0615. The van der Waals surface area contributed by atoms with Gasteiger partial charge >= 0.3 is 5.97 Å². The molecule has 1 aliphatic heterocycles. The molecule has 1 aromatic heterocycles. The van der Waals surface area contributed by atoms with Gasteiger partial charge in [0.25, 0.3) is 0 Å². The number of carboxylic acids is 1. The molecule has 0 saturated carbocycles. The van der Waals surface area contributed by atoms with Crippen molar-refractivity contribution in [1.82, 2.24) is 4.98 Å². The normalized spacial score (nSPS) is 22.4. The van der Waals surface area contributed by atoms with Crippen LogP contribution in [0.2, 0.25) is 0 Å². The fraction of sp³-hybridized carbons (Fsp3) is 0.312. The van der Waals surface area contributed by atoms with Crippen LogP contribution in [0.4, 0.5) is 0 Å². The van der Waals surface area contributed by atoms with Gasteiger partial charge in [-0.3, -0.25) is 14.6 Å². The lowest BCUT2D eigenvalue weighted by Gasteiger charge is -2.31. The Kier molecular flexibility index (Phi) is 3.43. The molecule has 1 saturated heterocycles. The van der Waals surface area contributed by atoms with Crippen molar-refractivity contribution in [1.29, 1.82) is 0 Å². The third-order valence-electron chi connectivity index (χ3n) is 3.90. The molecule has 1 N–H and O–H groups in total. The van der Waals surface area contributed by atoms with E-state index in [0.717, 1.165) is 10.9 Å². The lowest BCUT2D eigenvalue weighted by atomic mass is 9.77. The number of Topliss-reactive ketones (excluding diaryl/α,β-unsaturated/α-hetero) is 1. The average Bonchev–Trinajstić information content (AvgIpc) is 2.49. The Morgan fingerprint density at radius 1 is 1.29 bits per heavy atom. The predicted octanol–water partition coefficient (Wildman–Crippen LogP) is 1.84. The van der Waals surface area contributed by atoms with Crippen LogP contribution < -0.4 is 0 Å². The summed E-state index contributed by atoms with van der Waals surface area (Å²) in [7, 11) is 0. The molecule has 2 aromatic rings. The fourth-order valence-electron chi connectivity index (χ4n) is 2.65. The third kappa shape index (κ3) is 2.40. The van der Waals surface area contributed by atoms with E-state index in [0.29, 0.717) is 12.3 Å². The summed E-state index contributed by atoms with van der Waals surface area (Å²) in [5.41, 5.74) is -0.122. The molecule has 5 nitrogen and oxygen atoms in total. The van der Waals surface area contributed by atoms with Crippen molar-refractivity contribution in [3.63, 3.8) is 0 Å². The summed E-state index contributed by atoms with van der Waals surface area (Å²) in [5.74, 6) is -1.42. The summed E-state index contributed by atoms with van der Waals surface area (Å²) in [6.07, 6.45) is 0.200. The van der Waals surface area contributed by atoms with Crippen LogP contribution in [0.1, 0.15) is 12.1 Å². The van der Waals surface area contributed by atoms with Crippen LogP contribution in [0, 0.1) is 5.41 Å². The highest BCUT2D eigenvalue weighted by atomic mass is 16.5. The van der Waals surface area contributed by atoms with E-state index in [2.05, 4.69) is 4.98 Å². The van der Waals surface area contributed by atoms with E-state index in [9.17, 15) is 14.7 Å². The minimum atomic E-state index is -1.51. The molecular formula is C16H15NO4. The summed E-state index contributed by atoms with van der Waals surface area (Å²) in [4.78, 5) is 28.2. The molecule has 108 valence electrons. The Morgan fingerprint density at radius 2 is 2.10 bits per heavy atom. The number of hydrogen-bond donors (Lipinski definition) is 1. The quantitative estimate of drug-likeness (QED) is 0.871. The van der Waals surface area contributed by atoms with Crippen LogP contribution in [-0.2, 0) is 20.7 Å². The number of carbonyl (C=O) groups is 2. The summed E-state index contributed by atoms with van der Waals surface area (Å²) in [6, 6.07) is 11.3. The van der Waals surface area contributed by atoms with Crippen LogP contribution >= 0.6 is 0 Å². The summed E-state index contributed by atoms with van der Waals surface area (Å²) in [5, 5.41) is 10.5. The van der Waals surface area contributed by atoms with Crippen molar-refractivity contribution in [2.75, 3.05) is 13.2 Å². The SMILES string of the molecule is O=C(O)C1(Cc2ccc3ccccc3n2)COCCC1=O. The van der Waals surface area contributed by atoms with E-state index in [1.807, 2.05) is 30.3 Å². The van der Waals surface area contributed by atoms with E-state index in [1.165, 1.54) is 0 Å². The molecule has 3 rings (SSSR count). The van der Waals surface area contributed by atoms with Crippen LogP contribution in [0.15, 0.2) is 36.4 Å². The minimum Gasteiger partial charge on any atom is -0.480 e. The molecule has 1 aromatic carbocycles. The predicted molar refractivity (Wildman–Crippen MR) is 76.0 cm³/mol. The number of ether oxygens (including phenoxy) is 1. The number of nitrogens with zero attached hydrogens (tertiary/aromatic N) is 1. The molecule has 0 bridgehead atoms. The number of fused-ring (bicyclic) bond motifs is 1. The number of aliphatic carboxylic acids is 1. The maximum absolute atomic E-state index is 12.1. The van der Waals surface area contributed by atoms with Gasteiger partial charge in [0.15, 0.2) is 11.2 Å². The maximum Gasteiger partial charge on any atom is 0.319 e. The number of carbonyl (C=O) groups excluding carboxylic acids is 1. The van der Waals surface area contributed by atoms with E-state index in [-0.39, 0.29) is 25.2 Å². The molecule has 1 aliphatic rings. The second kappa shape index (κ2) is 5.26. The molecule has 5 heteroatoms.